The molecule has 0 atom stereocenters. The molecule has 1 aromatic carbocycles. The smallest absolute Gasteiger partial charge is 0.409 e. The van der Waals surface area contributed by atoms with Gasteiger partial charge < -0.3 is 5.11 Å². The molecule has 2 amide bonds. The van der Waals surface area contributed by atoms with Gasteiger partial charge in [0.25, 0.3) is 0 Å². The van der Waals surface area contributed by atoms with Gasteiger partial charge in [0.05, 0.1) is 13.5 Å². The molecular formula is C11H14N2O4. The van der Waals surface area contributed by atoms with E-state index in [1.165, 1.54) is 14.2 Å². The van der Waals surface area contributed by atoms with Gasteiger partial charge in [0, 0.05) is 12.7 Å². The summed E-state index contributed by atoms with van der Waals surface area (Å²) in [6.45, 7) is 0. The topological polar surface area (TPSA) is 78.9 Å². The van der Waals surface area contributed by atoms with Gasteiger partial charge in [-0.05, 0) is 17.7 Å². The Balaban J connectivity index is 2.72. The van der Waals surface area contributed by atoms with E-state index in [9.17, 15) is 9.59 Å². The van der Waals surface area contributed by atoms with E-state index in [1.54, 1.807) is 24.3 Å². The van der Waals surface area contributed by atoms with Crippen LogP contribution in [0.15, 0.2) is 24.3 Å². The highest BCUT2D eigenvalue weighted by Gasteiger charge is 2.09. The summed E-state index contributed by atoms with van der Waals surface area (Å²) in [6.07, 6.45) is -0.984. The van der Waals surface area contributed by atoms with E-state index in [1.807, 2.05) is 0 Å². The molecule has 0 aliphatic heterocycles. The second kappa shape index (κ2) is 5.86. The van der Waals surface area contributed by atoms with E-state index in [2.05, 4.69) is 5.32 Å². The minimum atomic E-state index is -1.14. The number of hydroxylamine groups is 2. The second-order valence-corrected chi connectivity index (χ2v) is 3.38. The molecule has 0 bridgehead atoms. The first-order valence-electron chi connectivity index (χ1n) is 4.92. The maximum Gasteiger partial charge on any atom is 0.409 e. The molecule has 0 aromatic heterocycles. The standard InChI is InChI=1S/C11H14N2O4/c1-13(17-2)10(14)7-8-4-3-5-9(6-8)12-11(15)16/h3-6,12H,7H2,1-2H3,(H,15,16). The Hall–Kier alpha value is -2.08. The first-order valence-corrected chi connectivity index (χ1v) is 4.92. The predicted octanol–water partition coefficient (Wildman–Crippen LogP) is 1.34. The quantitative estimate of drug-likeness (QED) is 0.776. The molecule has 0 aliphatic rings. The Morgan fingerprint density at radius 3 is 2.76 bits per heavy atom. The summed E-state index contributed by atoms with van der Waals surface area (Å²) in [5, 5.41) is 11.9. The van der Waals surface area contributed by atoms with Crippen LogP contribution in [0.3, 0.4) is 0 Å². The predicted molar refractivity (Wildman–Crippen MR) is 61.6 cm³/mol. The number of nitrogens with one attached hydrogen (secondary N) is 1. The van der Waals surface area contributed by atoms with Crippen LogP contribution in [0.1, 0.15) is 5.56 Å². The first kappa shape index (κ1) is 13.0. The van der Waals surface area contributed by atoms with E-state index >= 15 is 0 Å². The molecule has 0 spiro atoms. The van der Waals surface area contributed by atoms with Gasteiger partial charge in [0.1, 0.15) is 0 Å². The van der Waals surface area contributed by atoms with E-state index in [0.29, 0.717) is 11.3 Å². The number of carbonyl (C=O) groups is 2. The van der Waals surface area contributed by atoms with Crippen LogP contribution >= 0.6 is 0 Å². The van der Waals surface area contributed by atoms with Crippen molar-refractivity contribution in [3.05, 3.63) is 29.8 Å². The fraction of sp³-hybridized carbons (Fsp3) is 0.273. The van der Waals surface area contributed by atoms with Gasteiger partial charge in [-0.1, -0.05) is 12.1 Å². The monoisotopic (exact) mass is 238 g/mol. The number of hydrogen-bond donors (Lipinski definition) is 2. The van der Waals surface area contributed by atoms with Crippen molar-refractivity contribution in [1.82, 2.24) is 5.06 Å². The van der Waals surface area contributed by atoms with Crippen LogP contribution in [0.4, 0.5) is 10.5 Å². The lowest BCUT2D eigenvalue weighted by molar-refractivity contribution is -0.167. The molecule has 0 heterocycles. The average molecular weight is 238 g/mol. The summed E-state index contributed by atoms with van der Waals surface area (Å²) in [7, 11) is 2.92. The van der Waals surface area contributed by atoms with Crippen LogP contribution in [-0.2, 0) is 16.1 Å². The van der Waals surface area contributed by atoms with Gasteiger partial charge >= 0.3 is 6.09 Å². The zero-order valence-corrected chi connectivity index (χ0v) is 9.64. The SMILES string of the molecule is CON(C)C(=O)Cc1cccc(NC(=O)O)c1. The Morgan fingerprint density at radius 1 is 1.47 bits per heavy atom. The summed E-state index contributed by atoms with van der Waals surface area (Å²) >= 11 is 0. The second-order valence-electron chi connectivity index (χ2n) is 3.38. The minimum Gasteiger partial charge on any atom is -0.465 e. The third-order valence-corrected chi connectivity index (χ3v) is 2.16. The van der Waals surface area contributed by atoms with Crippen LogP contribution in [0.25, 0.3) is 0 Å². The van der Waals surface area contributed by atoms with Crippen molar-refractivity contribution in [1.29, 1.82) is 0 Å². The molecule has 0 unspecified atom stereocenters. The van der Waals surface area contributed by atoms with E-state index < -0.39 is 6.09 Å². The van der Waals surface area contributed by atoms with Gasteiger partial charge in [-0.15, -0.1) is 0 Å². The zero-order valence-electron chi connectivity index (χ0n) is 9.64. The zero-order chi connectivity index (χ0) is 12.8. The van der Waals surface area contributed by atoms with Crippen molar-refractivity contribution in [3.63, 3.8) is 0 Å². The molecule has 0 fully saturated rings. The summed E-state index contributed by atoms with van der Waals surface area (Å²) < 4.78 is 0. The lowest BCUT2D eigenvalue weighted by Gasteiger charge is -2.13. The number of carboxylic acid groups (broad SMARTS) is 1. The number of hydrogen-bond acceptors (Lipinski definition) is 3. The highest BCUT2D eigenvalue weighted by atomic mass is 16.7. The minimum absolute atomic E-state index is 0.152. The maximum absolute atomic E-state index is 11.5. The largest absolute Gasteiger partial charge is 0.465 e. The highest BCUT2D eigenvalue weighted by Crippen LogP contribution is 2.11. The summed E-state index contributed by atoms with van der Waals surface area (Å²) in [5.74, 6) is -0.208. The van der Waals surface area contributed by atoms with Gasteiger partial charge in [-0.3, -0.25) is 14.9 Å². The van der Waals surface area contributed by atoms with Crippen LogP contribution in [0.2, 0.25) is 0 Å². The van der Waals surface area contributed by atoms with Crippen molar-refractivity contribution in [3.8, 4) is 0 Å². The summed E-state index contributed by atoms with van der Waals surface area (Å²) in [6, 6.07) is 6.65. The molecule has 0 radical (unpaired) electrons. The van der Waals surface area contributed by atoms with Crippen molar-refractivity contribution < 1.29 is 19.5 Å². The molecule has 92 valence electrons. The fourth-order valence-corrected chi connectivity index (χ4v) is 1.27. The number of amides is 2. The number of anilines is 1. The lowest BCUT2D eigenvalue weighted by Crippen LogP contribution is -2.26. The number of nitrogens with zero attached hydrogens (tertiary/aromatic N) is 1. The normalized spacial score (nSPS) is 9.76. The van der Waals surface area contributed by atoms with Crippen LogP contribution in [0, 0.1) is 0 Å². The van der Waals surface area contributed by atoms with Crippen molar-refractivity contribution in [2.24, 2.45) is 0 Å². The van der Waals surface area contributed by atoms with E-state index in [4.69, 9.17) is 9.94 Å². The fourth-order valence-electron chi connectivity index (χ4n) is 1.27. The Bertz CT molecular complexity index is 420. The van der Waals surface area contributed by atoms with E-state index in [-0.39, 0.29) is 12.3 Å². The maximum atomic E-state index is 11.5. The lowest BCUT2D eigenvalue weighted by atomic mass is 10.1. The number of rotatable bonds is 4. The number of likely N-dealkylation sites (N-methyl/N-ethyl adjacent to an activating group) is 1. The third-order valence-electron chi connectivity index (χ3n) is 2.16. The van der Waals surface area contributed by atoms with Gasteiger partial charge in [-0.2, -0.15) is 0 Å². The molecule has 6 nitrogen and oxygen atoms in total. The Morgan fingerprint density at radius 2 is 2.18 bits per heavy atom. The van der Waals surface area contributed by atoms with Crippen molar-refractivity contribution >= 4 is 17.7 Å². The molecular weight excluding hydrogens is 224 g/mol. The molecule has 17 heavy (non-hydrogen) atoms. The molecule has 1 aromatic rings. The first-order chi connectivity index (χ1) is 8.02. The van der Waals surface area contributed by atoms with Crippen molar-refractivity contribution in [2.75, 3.05) is 19.5 Å². The van der Waals surface area contributed by atoms with Crippen LogP contribution in [-0.4, -0.2) is 36.3 Å². The van der Waals surface area contributed by atoms with Crippen molar-refractivity contribution in [2.45, 2.75) is 6.42 Å². The molecule has 2 N–H and O–H groups in total. The summed E-state index contributed by atoms with van der Waals surface area (Å²) in [4.78, 5) is 26.7. The Labute approximate surface area is 98.8 Å². The molecule has 6 heteroatoms. The average Bonchev–Trinajstić information content (AvgIpc) is 2.27. The van der Waals surface area contributed by atoms with Crippen LogP contribution < -0.4 is 5.32 Å². The molecule has 1 rings (SSSR count). The number of benzene rings is 1. The molecule has 0 aliphatic carbocycles. The van der Waals surface area contributed by atoms with Gasteiger partial charge in [0.2, 0.25) is 5.91 Å². The Kier molecular flexibility index (Phi) is 4.47. The molecule has 0 saturated heterocycles. The molecule has 0 saturated carbocycles. The van der Waals surface area contributed by atoms with Gasteiger partial charge in [-0.25, -0.2) is 9.86 Å². The van der Waals surface area contributed by atoms with Crippen LogP contribution in [0.5, 0.6) is 0 Å². The third kappa shape index (κ3) is 4.12. The number of carbonyl (C=O) groups excluding carboxylic acids is 1. The summed E-state index contributed by atoms with van der Waals surface area (Å²) in [5.41, 5.74) is 1.15. The van der Waals surface area contributed by atoms with E-state index in [0.717, 1.165) is 5.06 Å². The highest BCUT2D eigenvalue weighted by molar-refractivity contribution is 5.83. The van der Waals surface area contributed by atoms with Gasteiger partial charge in [0.15, 0.2) is 0 Å².